The Morgan fingerprint density at radius 3 is 2.48 bits per heavy atom. The van der Waals surface area contributed by atoms with Crippen LogP contribution in [0.25, 0.3) is 11.0 Å². The number of hydrogen-bond acceptors (Lipinski definition) is 5. The number of hydrogen-bond donors (Lipinski definition) is 2. The Kier molecular flexibility index (Phi) is 5.41. The van der Waals surface area contributed by atoms with Crippen molar-refractivity contribution in [1.29, 1.82) is 0 Å². The molecule has 1 aromatic carbocycles. The molecule has 1 fully saturated rings. The predicted molar refractivity (Wildman–Crippen MR) is 122 cm³/mol. The molecule has 1 aliphatic carbocycles. The minimum absolute atomic E-state index is 0.0470. The van der Waals surface area contributed by atoms with Crippen molar-refractivity contribution in [3.8, 4) is 5.75 Å². The molecule has 1 atom stereocenters. The zero-order valence-corrected chi connectivity index (χ0v) is 19.5. The number of benzene rings is 1. The van der Waals surface area contributed by atoms with E-state index in [2.05, 4.69) is 38.3 Å². The van der Waals surface area contributed by atoms with E-state index < -0.39 is 6.10 Å². The molecule has 2 aliphatic rings. The number of ether oxygens (including phenoxy) is 1. The number of fused-ring (bicyclic) bond motifs is 3. The smallest absolute Gasteiger partial charge is 0.339 e. The summed E-state index contributed by atoms with van der Waals surface area (Å²) >= 11 is 0. The van der Waals surface area contributed by atoms with Gasteiger partial charge in [0.1, 0.15) is 11.3 Å². The van der Waals surface area contributed by atoms with E-state index >= 15 is 0 Å². The van der Waals surface area contributed by atoms with Crippen molar-refractivity contribution in [2.45, 2.75) is 96.9 Å². The van der Waals surface area contributed by atoms with Gasteiger partial charge in [0.25, 0.3) is 5.91 Å². The quantitative estimate of drug-likeness (QED) is 0.727. The molecule has 2 aromatic rings. The van der Waals surface area contributed by atoms with Gasteiger partial charge in [-0.3, -0.25) is 4.79 Å². The monoisotopic (exact) mass is 426 g/mol. The molecule has 6 heteroatoms. The Hall–Kier alpha value is -2.34. The van der Waals surface area contributed by atoms with Gasteiger partial charge in [-0.1, -0.05) is 0 Å². The first-order valence-electron chi connectivity index (χ1n) is 11.3. The average molecular weight is 427 g/mol. The second kappa shape index (κ2) is 7.66. The van der Waals surface area contributed by atoms with Crippen LogP contribution in [0.3, 0.4) is 0 Å². The molecule has 0 bridgehead atoms. The van der Waals surface area contributed by atoms with Crippen LogP contribution in [0.2, 0.25) is 0 Å². The number of amides is 1. The van der Waals surface area contributed by atoms with Crippen LogP contribution in [0.15, 0.2) is 21.3 Å². The van der Waals surface area contributed by atoms with Crippen LogP contribution in [0.1, 0.15) is 70.6 Å². The summed E-state index contributed by atoms with van der Waals surface area (Å²) in [6, 6.07) is 3.88. The SMILES string of the molecule is Cc1cc(OC(C)C(=O)NC2CC(C)(C)NC(C)(C)C2)c2c3c(c(=O)oc2c1)CCC3. The third-order valence-electron chi connectivity index (χ3n) is 6.39. The highest BCUT2D eigenvalue weighted by molar-refractivity contribution is 5.89. The Balaban J connectivity index is 1.57. The maximum absolute atomic E-state index is 13.0. The summed E-state index contributed by atoms with van der Waals surface area (Å²) in [4.78, 5) is 25.3. The summed E-state index contributed by atoms with van der Waals surface area (Å²) in [5.74, 6) is 0.493. The highest BCUT2D eigenvalue weighted by Crippen LogP contribution is 2.35. The van der Waals surface area contributed by atoms with Crippen LogP contribution >= 0.6 is 0 Å². The number of nitrogens with one attached hydrogen (secondary N) is 2. The van der Waals surface area contributed by atoms with E-state index in [1.807, 2.05) is 19.1 Å². The van der Waals surface area contributed by atoms with Gasteiger partial charge in [0.2, 0.25) is 0 Å². The number of aryl methyl sites for hydroxylation is 2. The Labute approximate surface area is 183 Å². The van der Waals surface area contributed by atoms with Crippen molar-refractivity contribution in [2.24, 2.45) is 0 Å². The lowest BCUT2D eigenvalue weighted by molar-refractivity contribution is -0.128. The molecule has 6 nitrogen and oxygen atoms in total. The number of rotatable bonds is 4. The van der Waals surface area contributed by atoms with Gasteiger partial charge >= 0.3 is 5.63 Å². The van der Waals surface area contributed by atoms with Gasteiger partial charge in [-0.2, -0.15) is 0 Å². The first kappa shape index (κ1) is 21.9. The first-order valence-corrected chi connectivity index (χ1v) is 11.3. The Morgan fingerprint density at radius 2 is 1.81 bits per heavy atom. The summed E-state index contributed by atoms with van der Waals surface area (Å²) in [6.45, 7) is 12.4. The van der Waals surface area contributed by atoms with Gasteiger partial charge in [-0.15, -0.1) is 0 Å². The van der Waals surface area contributed by atoms with Gasteiger partial charge in [0.15, 0.2) is 6.10 Å². The largest absolute Gasteiger partial charge is 0.480 e. The van der Waals surface area contributed by atoms with Gasteiger partial charge in [0.05, 0.1) is 5.39 Å². The zero-order valence-electron chi connectivity index (χ0n) is 19.5. The molecule has 1 aromatic heterocycles. The number of piperidine rings is 1. The van der Waals surface area contributed by atoms with E-state index in [0.29, 0.717) is 11.3 Å². The van der Waals surface area contributed by atoms with E-state index in [1.54, 1.807) is 6.92 Å². The Bertz CT molecular complexity index is 1070. The molecule has 1 saturated heterocycles. The molecule has 2 N–H and O–H groups in total. The van der Waals surface area contributed by atoms with Gasteiger partial charge < -0.3 is 19.8 Å². The molecule has 1 amide bonds. The third-order valence-corrected chi connectivity index (χ3v) is 6.39. The normalized spacial score (nSPS) is 21.0. The van der Waals surface area contributed by atoms with Gasteiger partial charge in [0, 0.05) is 22.7 Å². The fraction of sp³-hybridized carbons (Fsp3) is 0.600. The second-order valence-electron chi connectivity index (χ2n) is 10.6. The summed E-state index contributed by atoms with van der Waals surface area (Å²) in [5.41, 5.74) is 2.88. The van der Waals surface area contributed by atoms with E-state index in [4.69, 9.17) is 9.15 Å². The predicted octanol–water partition coefficient (Wildman–Crippen LogP) is 3.78. The maximum atomic E-state index is 13.0. The second-order valence-corrected chi connectivity index (χ2v) is 10.6. The number of carbonyl (C=O) groups excluding carboxylic acids is 1. The van der Waals surface area contributed by atoms with E-state index in [-0.39, 0.29) is 28.7 Å². The topological polar surface area (TPSA) is 80.6 Å². The minimum Gasteiger partial charge on any atom is -0.480 e. The fourth-order valence-corrected chi connectivity index (χ4v) is 5.59. The standard InChI is InChI=1S/C25H34N2O4/c1-14-10-19(21-17-8-7-9-18(17)23(29)31-20(21)11-14)30-15(2)22(28)26-16-12-24(3,4)27-25(5,6)13-16/h10-11,15-16,27H,7-9,12-13H2,1-6H3,(H,26,28). The first-order chi connectivity index (χ1) is 14.4. The van der Waals surface area contributed by atoms with Crippen molar-refractivity contribution in [3.63, 3.8) is 0 Å². The van der Waals surface area contributed by atoms with Crippen LogP contribution in [0, 0.1) is 6.92 Å². The Morgan fingerprint density at radius 1 is 1.16 bits per heavy atom. The highest BCUT2D eigenvalue weighted by Gasteiger charge is 2.38. The van der Waals surface area contributed by atoms with Crippen molar-refractivity contribution >= 4 is 16.9 Å². The number of carbonyl (C=O) groups is 1. The lowest BCUT2D eigenvalue weighted by atomic mass is 9.79. The fourth-order valence-electron chi connectivity index (χ4n) is 5.59. The van der Waals surface area contributed by atoms with Gasteiger partial charge in [-0.25, -0.2) is 4.79 Å². The summed E-state index contributed by atoms with van der Waals surface area (Å²) in [5, 5.41) is 7.67. The van der Waals surface area contributed by atoms with Crippen molar-refractivity contribution in [1.82, 2.24) is 10.6 Å². The molecule has 0 radical (unpaired) electrons. The molecule has 0 spiro atoms. The highest BCUT2D eigenvalue weighted by atomic mass is 16.5. The average Bonchev–Trinajstić information content (AvgIpc) is 3.08. The third kappa shape index (κ3) is 4.49. The molecule has 168 valence electrons. The molecule has 0 saturated carbocycles. The molecule has 2 heterocycles. The van der Waals surface area contributed by atoms with Crippen LogP contribution in [0.4, 0.5) is 0 Å². The molecule has 4 rings (SSSR count). The molecule has 31 heavy (non-hydrogen) atoms. The molecule has 1 aliphatic heterocycles. The van der Waals surface area contributed by atoms with Crippen molar-refractivity contribution in [3.05, 3.63) is 39.2 Å². The van der Waals surface area contributed by atoms with Crippen LogP contribution < -0.4 is 21.0 Å². The van der Waals surface area contributed by atoms with E-state index in [0.717, 1.165) is 54.2 Å². The maximum Gasteiger partial charge on any atom is 0.339 e. The van der Waals surface area contributed by atoms with Crippen molar-refractivity contribution < 1.29 is 13.9 Å². The van der Waals surface area contributed by atoms with Gasteiger partial charge in [-0.05, 0) is 96.9 Å². The van der Waals surface area contributed by atoms with Crippen LogP contribution in [-0.4, -0.2) is 29.1 Å². The lowest BCUT2D eigenvalue weighted by Crippen LogP contribution is -2.62. The molecular formula is C25H34N2O4. The van der Waals surface area contributed by atoms with E-state index in [9.17, 15) is 9.59 Å². The summed E-state index contributed by atoms with van der Waals surface area (Å²) in [6.07, 6.45) is 3.57. The summed E-state index contributed by atoms with van der Waals surface area (Å²) in [7, 11) is 0. The van der Waals surface area contributed by atoms with Crippen LogP contribution in [-0.2, 0) is 17.6 Å². The van der Waals surface area contributed by atoms with Crippen molar-refractivity contribution in [2.75, 3.05) is 0 Å². The zero-order chi connectivity index (χ0) is 22.6. The van der Waals surface area contributed by atoms with Crippen LogP contribution in [0.5, 0.6) is 5.75 Å². The molecular weight excluding hydrogens is 392 g/mol. The minimum atomic E-state index is -0.657. The molecule has 1 unspecified atom stereocenters. The van der Waals surface area contributed by atoms with E-state index in [1.165, 1.54) is 0 Å². The summed E-state index contributed by atoms with van der Waals surface area (Å²) < 4.78 is 11.8. The lowest BCUT2D eigenvalue weighted by Gasteiger charge is -2.46.